The molecular formula is C21H26N4O2S. The van der Waals surface area contributed by atoms with Gasteiger partial charge in [0.25, 0.3) is 5.56 Å². The van der Waals surface area contributed by atoms with Gasteiger partial charge in [-0.2, -0.15) is 0 Å². The van der Waals surface area contributed by atoms with Gasteiger partial charge in [0.15, 0.2) is 5.16 Å². The van der Waals surface area contributed by atoms with E-state index in [1.807, 2.05) is 18.2 Å². The van der Waals surface area contributed by atoms with Gasteiger partial charge in [-0.15, -0.1) is 6.58 Å². The van der Waals surface area contributed by atoms with E-state index in [1.165, 1.54) is 24.6 Å². The molecule has 1 aromatic heterocycles. The number of thioether (sulfide) groups is 1. The number of piperidine rings is 1. The van der Waals surface area contributed by atoms with Crippen LogP contribution in [0.15, 0.2) is 46.9 Å². The van der Waals surface area contributed by atoms with Crippen LogP contribution < -0.4 is 10.9 Å². The number of nitrogens with zero attached hydrogens (tertiary/aromatic N) is 3. The largest absolute Gasteiger partial charge is 0.353 e. The van der Waals surface area contributed by atoms with Crippen LogP contribution in [0.3, 0.4) is 0 Å². The molecule has 2 aromatic rings. The van der Waals surface area contributed by atoms with Gasteiger partial charge in [0, 0.05) is 31.7 Å². The molecule has 1 N–H and O–H groups in total. The standard InChI is InChI=1S/C21H26N4O2S/c1-2-11-25-20(27)17-5-3-4-6-18(17)23-21(25)28-14-19(26)22-15-9-12-24(13-10-15)16-7-8-16/h2-6,15-16H,1,7-14H2,(H,22,26). The summed E-state index contributed by atoms with van der Waals surface area (Å²) in [6.07, 6.45) is 6.37. The van der Waals surface area contributed by atoms with Crippen LogP contribution >= 0.6 is 11.8 Å². The molecule has 4 rings (SSSR count). The van der Waals surface area contributed by atoms with Crippen LogP contribution in [0.2, 0.25) is 0 Å². The van der Waals surface area contributed by atoms with E-state index in [2.05, 4.69) is 21.8 Å². The molecule has 0 spiro atoms. The van der Waals surface area contributed by atoms with Crippen molar-refractivity contribution in [3.63, 3.8) is 0 Å². The SMILES string of the molecule is C=CCn1c(SCC(=O)NC2CCN(C3CC3)CC2)nc2ccccc2c1=O. The molecule has 2 fully saturated rings. The second-order valence-corrected chi connectivity index (χ2v) is 8.46. The summed E-state index contributed by atoms with van der Waals surface area (Å²) >= 11 is 1.31. The minimum atomic E-state index is -0.0964. The molecule has 2 heterocycles. The van der Waals surface area contributed by atoms with E-state index in [-0.39, 0.29) is 23.3 Å². The number of allylic oxidation sites excluding steroid dienone is 1. The number of carbonyl (C=O) groups is 1. The molecule has 0 atom stereocenters. The first-order valence-electron chi connectivity index (χ1n) is 9.92. The minimum absolute atomic E-state index is 0.00225. The second kappa shape index (κ2) is 8.49. The van der Waals surface area contributed by atoms with Crippen LogP contribution in [-0.2, 0) is 11.3 Å². The maximum absolute atomic E-state index is 12.7. The van der Waals surface area contributed by atoms with Gasteiger partial charge in [0.1, 0.15) is 0 Å². The van der Waals surface area contributed by atoms with Crippen molar-refractivity contribution < 1.29 is 4.79 Å². The molecule has 2 aliphatic rings. The molecule has 28 heavy (non-hydrogen) atoms. The van der Waals surface area contributed by atoms with E-state index in [1.54, 1.807) is 16.7 Å². The van der Waals surface area contributed by atoms with Crippen LogP contribution in [0, 0.1) is 0 Å². The van der Waals surface area contributed by atoms with Crippen LogP contribution in [0.25, 0.3) is 10.9 Å². The first kappa shape index (κ1) is 19.2. The topological polar surface area (TPSA) is 67.2 Å². The normalized spacial score (nSPS) is 18.3. The smallest absolute Gasteiger partial charge is 0.262 e. The highest BCUT2D eigenvalue weighted by molar-refractivity contribution is 7.99. The predicted octanol–water partition coefficient (Wildman–Crippen LogP) is 2.42. The molecule has 0 radical (unpaired) electrons. The lowest BCUT2D eigenvalue weighted by atomic mass is 10.1. The van der Waals surface area contributed by atoms with Crippen molar-refractivity contribution in [3.05, 3.63) is 47.3 Å². The van der Waals surface area contributed by atoms with Gasteiger partial charge in [-0.25, -0.2) is 4.98 Å². The fourth-order valence-electron chi connectivity index (χ4n) is 3.80. The number of aromatic nitrogens is 2. The third kappa shape index (κ3) is 4.31. The first-order valence-corrected chi connectivity index (χ1v) is 10.9. The Morgan fingerprint density at radius 3 is 2.71 bits per heavy atom. The molecule has 1 aliphatic carbocycles. The third-order valence-corrected chi connectivity index (χ3v) is 6.40. The summed E-state index contributed by atoms with van der Waals surface area (Å²) in [5.41, 5.74) is 0.559. The van der Waals surface area contributed by atoms with Gasteiger partial charge in [0.2, 0.25) is 5.91 Å². The van der Waals surface area contributed by atoms with Crippen LogP contribution in [0.1, 0.15) is 25.7 Å². The van der Waals surface area contributed by atoms with Gasteiger partial charge in [0.05, 0.1) is 16.7 Å². The number of amides is 1. The lowest BCUT2D eigenvalue weighted by molar-refractivity contribution is -0.119. The Labute approximate surface area is 169 Å². The maximum Gasteiger partial charge on any atom is 0.262 e. The molecular weight excluding hydrogens is 372 g/mol. The lowest BCUT2D eigenvalue weighted by Gasteiger charge is -2.32. The molecule has 148 valence electrons. The van der Waals surface area contributed by atoms with E-state index in [0.717, 1.165) is 32.0 Å². The Morgan fingerprint density at radius 2 is 2.00 bits per heavy atom. The number of nitrogens with one attached hydrogen (secondary N) is 1. The summed E-state index contributed by atoms with van der Waals surface area (Å²) in [4.78, 5) is 32.3. The molecule has 7 heteroatoms. The number of fused-ring (bicyclic) bond motifs is 1. The number of hydrogen-bond acceptors (Lipinski definition) is 5. The molecule has 0 unspecified atom stereocenters. The Kier molecular flexibility index (Phi) is 5.82. The summed E-state index contributed by atoms with van der Waals surface area (Å²) in [7, 11) is 0. The van der Waals surface area contributed by atoms with E-state index in [4.69, 9.17) is 0 Å². The highest BCUT2D eigenvalue weighted by Crippen LogP contribution is 2.29. The fraction of sp³-hybridized carbons (Fsp3) is 0.476. The molecule has 1 amide bonds. The van der Waals surface area contributed by atoms with Crippen LogP contribution in [0.4, 0.5) is 0 Å². The number of rotatable bonds is 7. The average molecular weight is 399 g/mol. The van der Waals surface area contributed by atoms with Gasteiger partial charge in [-0.3, -0.25) is 14.2 Å². The van der Waals surface area contributed by atoms with E-state index in [0.29, 0.717) is 22.6 Å². The van der Waals surface area contributed by atoms with Crippen molar-refractivity contribution in [2.24, 2.45) is 0 Å². The molecule has 6 nitrogen and oxygen atoms in total. The summed E-state index contributed by atoms with van der Waals surface area (Å²) < 4.78 is 1.58. The van der Waals surface area contributed by atoms with E-state index in [9.17, 15) is 9.59 Å². The molecule has 1 saturated heterocycles. The second-order valence-electron chi connectivity index (χ2n) is 7.51. The van der Waals surface area contributed by atoms with Crippen molar-refractivity contribution in [2.75, 3.05) is 18.8 Å². The average Bonchev–Trinajstić information content (AvgIpc) is 3.55. The Hall–Kier alpha value is -2.12. The number of benzene rings is 1. The highest BCUT2D eigenvalue weighted by atomic mass is 32.2. The van der Waals surface area contributed by atoms with Crippen molar-refractivity contribution in [1.82, 2.24) is 19.8 Å². The van der Waals surface area contributed by atoms with E-state index >= 15 is 0 Å². The van der Waals surface area contributed by atoms with Gasteiger partial charge in [-0.1, -0.05) is 30.0 Å². The molecule has 1 saturated carbocycles. The lowest BCUT2D eigenvalue weighted by Crippen LogP contribution is -2.45. The third-order valence-electron chi connectivity index (χ3n) is 5.43. The Balaban J connectivity index is 1.39. The van der Waals surface area contributed by atoms with Crippen molar-refractivity contribution in [3.8, 4) is 0 Å². The summed E-state index contributed by atoms with van der Waals surface area (Å²) in [5, 5.41) is 4.29. The molecule has 1 aromatic carbocycles. The van der Waals surface area contributed by atoms with Crippen LogP contribution in [-0.4, -0.2) is 51.3 Å². The zero-order chi connectivity index (χ0) is 19.5. The molecule has 0 bridgehead atoms. The monoisotopic (exact) mass is 398 g/mol. The summed E-state index contributed by atoms with van der Waals surface area (Å²) in [6.45, 7) is 6.26. The maximum atomic E-state index is 12.7. The van der Waals surface area contributed by atoms with Gasteiger partial charge in [-0.05, 0) is 37.8 Å². The summed E-state index contributed by atoms with van der Waals surface area (Å²) in [5.74, 6) is 0.257. The van der Waals surface area contributed by atoms with Crippen molar-refractivity contribution in [2.45, 2.75) is 49.5 Å². The number of carbonyl (C=O) groups excluding carboxylic acids is 1. The van der Waals surface area contributed by atoms with Gasteiger partial charge >= 0.3 is 0 Å². The van der Waals surface area contributed by atoms with Crippen LogP contribution in [0.5, 0.6) is 0 Å². The van der Waals surface area contributed by atoms with Gasteiger partial charge < -0.3 is 10.2 Å². The van der Waals surface area contributed by atoms with Crippen molar-refractivity contribution in [1.29, 1.82) is 0 Å². The zero-order valence-electron chi connectivity index (χ0n) is 16.0. The quantitative estimate of drug-likeness (QED) is 0.441. The summed E-state index contributed by atoms with van der Waals surface area (Å²) in [6, 6.07) is 8.35. The Morgan fingerprint density at radius 1 is 1.25 bits per heavy atom. The number of hydrogen-bond donors (Lipinski definition) is 1. The number of likely N-dealkylation sites (tertiary alicyclic amines) is 1. The first-order chi connectivity index (χ1) is 13.7. The van der Waals surface area contributed by atoms with E-state index < -0.39 is 0 Å². The number of para-hydroxylation sites is 1. The zero-order valence-corrected chi connectivity index (χ0v) is 16.8. The highest BCUT2D eigenvalue weighted by Gasteiger charge is 2.32. The van der Waals surface area contributed by atoms with Crippen molar-refractivity contribution >= 4 is 28.6 Å². The predicted molar refractivity (Wildman–Crippen MR) is 113 cm³/mol. The molecule has 1 aliphatic heterocycles. The minimum Gasteiger partial charge on any atom is -0.353 e. The Bertz CT molecular complexity index is 930. The fourth-order valence-corrected chi connectivity index (χ4v) is 4.62.